The van der Waals surface area contributed by atoms with E-state index < -0.39 is 0 Å². The maximum absolute atomic E-state index is 13.1. The van der Waals surface area contributed by atoms with Gasteiger partial charge >= 0.3 is 6.09 Å². The number of ether oxygens (including phenoxy) is 1. The van der Waals surface area contributed by atoms with E-state index in [1.165, 1.54) is 25.5 Å². The Bertz CT molecular complexity index is 1290. The maximum atomic E-state index is 13.1. The highest BCUT2D eigenvalue weighted by molar-refractivity contribution is 5.83. The molecular formula is C30H37N5O3. The van der Waals surface area contributed by atoms with Crippen LogP contribution >= 0.6 is 0 Å². The minimum absolute atomic E-state index is 0.0168. The van der Waals surface area contributed by atoms with Crippen LogP contribution < -0.4 is 5.32 Å². The molecule has 3 aliphatic heterocycles. The molecule has 3 unspecified atom stereocenters. The molecular weight excluding hydrogens is 478 g/mol. The number of imidazole rings is 1. The number of hydrogen-bond acceptors (Lipinski definition) is 5. The summed E-state index contributed by atoms with van der Waals surface area (Å²) < 4.78 is 7.24. The Morgan fingerprint density at radius 3 is 2.39 bits per heavy atom. The van der Waals surface area contributed by atoms with Crippen molar-refractivity contribution in [3.63, 3.8) is 0 Å². The summed E-state index contributed by atoms with van der Waals surface area (Å²) in [5.41, 5.74) is 3.46. The van der Waals surface area contributed by atoms with Gasteiger partial charge in [-0.05, 0) is 56.7 Å². The fourth-order valence-corrected chi connectivity index (χ4v) is 6.95. The van der Waals surface area contributed by atoms with Gasteiger partial charge in [0.25, 0.3) is 0 Å². The van der Waals surface area contributed by atoms with Crippen LogP contribution in [-0.4, -0.2) is 70.2 Å². The molecule has 4 heterocycles. The van der Waals surface area contributed by atoms with Gasteiger partial charge in [-0.15, -0.1) is 0 Å². The third kappa shape index (κ3) is 4.66. The SMILES string of the molecule is COC(=O)N1CC(C(=O)NC(CCN2C3CC[C@H]2CC(n2c(C)nc4ccccc42)C3)c2ccccc2)C1. The highest BCUT2D eigenvalue weighted by Gasteiger charge is 2.42. The molecule has 2 amide bonds. The lowest BCUT2D eigenvalue weighted by Gasteiger charge is -2.41. The van der Waals surface area contributed by atoms with Crippen LogP contribution in [0, 0.1) is 12.8 Å². The van der Waals surface area contributed by atoms with Gasteiger partial charge in [0.05, 0.1) is 30.1 Å². The molecule has 200 valence electrons. The Hall–Kier alpha value is -3.39. The van der Waals surface area contributed by atoms with Crippen molar-refractivity contribution < 1.29 is 14.3 Å². The van der Waals surface area contributed by atoms with Crippen LogP contribution in [0.5, 0.6) is 0 Å². The number of aromatic nitrogens is 2. The van der Waals surface area contributed by atoms with Crippen molar-refractivity contribution in [1.82, 2.24) is 24.7 Å². The summed E-state index contributed by atoms with van der Waals surface area (Å²) in [6.45, 7) is 3.93. The van der Waals surface area contributed by atoms with E-state index in [2.05, 4.69) is 58.1 Å². The van der Waals surface area contributed by atoms with Crippen LogP contribution in [0.25, 0.3) is 11.0 Å². The Morgan fingerprint density at radius 1 is 1.00 bits per heavy atom. The van der Waals surface area contributed by atoms with E-state index >= 15 is 0 Å². The summed E-state index contributed by atoms with van der Waals surface area (Å²) in [5, 5.41) is 3.30. The average molecular weight is 516 g/mol. The molecule has 3 fully saturated rings. The van der Waals surface area contributed by atoms with Crippen LogP contribution in [0.3, 0.4) is 0 Å². The van der Waals surface area contributed by atoms with E-state index in [0.29, 0.717) is 31.2 Å². The van der Waals surface area contributed by atoms with Crippen molar-refractivity contribution in [1.29, 1.82) is 0 Å². The number of para-hydroxylation sites is 2. The first-order chi connectivity index (χ1) is 18.5. The third-order valence-electron chi connectivity index (χ3n) is 8.88. The predicted molar refractivity (Wildman–Crippen MR) is 146 cm³/mol. The summed E-state index contributed by atoms with van der Waals surface area (Å²) in [4.78, 5) is 33.8. The van der Waals surface area contributed by atoms with E-state index in [1.54, 1.807) is 4.90 Å². The normalized spacial score (nSPS) is 24.3. The van der Waals surface area contributed by atoms with E-state index in [0.717, 1.165) is 42.7 Å². The Morgan fingerprint density at radius 2 is 1.68 bits per heavy atom. The molecule has 8 heteroatoms. The molecule has 0 aliphatic carbocycles. The minimum atomic E-state index is -0.369. The minimum Gasteiger partial charge on any atom is -0.453 e. The van der Waals surface area contributed by atoms with E-state index in [-0.39, 0.29) is 24.0 Å². The van der Waals surface area contributed by atoms with Crippen LogP contribution in [0.2, 0.25) is 0 Å². The Labute approximate surface area is 224 Å². The molecule has 3 saturated heterocycles. The van der Waals surface area contributed by atoms with Crippen molar-refractivity contribution in [2.75, 3.05) is 26.7 Å². The summed E-state index contributed by atoms with van der Waals surface area (Å²) in [5.74, 6) is 0.946. The standard InChI is InChI=1S/C30H37N5O3/c1-20-31-27-10-6-7-11-28(27)35(20)25-16-23-12-13-24(17-25)34(23)15-14-26(21-8-4-3-5-9-21)32-29(36)22-18-33(19-22)30(37)38-2/h3-11,22-26H,12-19H2,1-2H3,(H,32,36)/t23-,24?,25?,26?/m0/s1. The molecule has 1 aromatic heterocycles. The number of piperidine rings is 1. The van der Waals surface area contributed by atoms with Crippen molar-refractivity contribution in [2.24, 2.45) is 5.92 Å². The van der Waals surface area contributed by atoms with Crippen LogP contribution in [0.1, 0.15) is 55.6 Å². The third-order valence-corrected chi connectivity index (χ3v) is 8.88. The van der Waals surface area contributed by atoms with Crippen molar-refractivity contribution in [2.45, 2.75) is 63.2 Å². The first-order valence-electron chi connectivity index (χ1n) is 13.9. The lowest BCUT2D eigenvalue weighted by atomic mass is 9.94. The number of rotatable bonds is 7. The van der Waals surface area contributed by atoms with Gasteiger partial charge in [0.15, 0.2) is 0 Å². The molecule has 0 spiro atoms. The lowest BCUT2D eigenvalue weighted by Crippen LogP contribution is -2.56. The summed E-state index contributed by atoms with van der Waals surface area (Å²) in [7, 11) is 1.37. The van der Waals surface area contributed by atoms with Gasteiger partial charge in [0.1, 0.15) is 5.82 Å². The lowest BCUT2D eigenvalue weighted by molar-refractivity contribution is -0.130. The molecule has 1 N–H and O–H groups in total. The number of amides is 2. The van der Waals surface area contributed by atoms with E-state index in [4.69, 9.17) is 9.72 Å². The monoisotopic (exact) mass is 515 g/mol. The number of likely N-dealkylation sites (tertiary alicyclic amines) is 1. The molecule has 4 atom stereocenters. The first-order valence-corrected chi connectivity index (χ1v) is 13.9. The van der Waals surface area contributed by atoms with Crippen molar-refractivity contribution in [3.05, 3.63) is 66.0 Å². The van der Waals surface area contributed by atoms with Crippen molar-refractivity contribution >= 4 is 23.0 Å². The zero-order valence-corrected chi connectivity index (χ0v) is 22.3. The molecule has 3 aliphatic rings. The number of carbonyl (C=O) groups is 2. The smallest absolute Gasteiger partial charge is 0.409 e. The Balaban J connectivity index is 1.11. The van der Waals surface area contributed by atoms with Crippen molar-refractivity contribution in [3.8, 4) is 0 Å². The highest BCUT2D eigenvalue weighted by Crippen LogP contribution is 2.42. The Kier molecular flexibility index (Phi) is 6.82. The quantitative estimate of drug-likeness (QED) is 0.503. The summed E-state index contributed by atoms with van der Waals surface area (Å²) >= 11 is 0. The molecule has 0 radical (unpaired) electrons. The molecule has 3 aromatic rings. The van der Waals surface area contributed by atoms with E-state index in [9.17, 15) is 9.59 Å². The number of hydrogen-bond donors (Lipinski definition) is 1. The van der Waals surface area contributed by atoms with Gasteiger partial charge < -0.3 is 19.5 Å². The van der Waals surface area contributed by atoms with Gasteiger partial charge in [-0.25, -0.2) is 9.78 Å². The second kappa shape index (κ2) is 10.4. The number of nitrogens with zero attached hydrogens (tertiary/aromatic N) is 4. The molecule has 8 nitrogen and oxygen atoms in total. The zero-order chi connectivity index (χ0) is 26.2. The van der Waals surface area contributed by atoms with Crippen LogP contribution in [0.4, 0.5) is 4.79 Å². The maximum Gasteiger partial charge on any atom is 0.409 e. The molecule has 2 bridgehead atoms. The largest absolute Gasteiger partial charge is 0.453 e. The fourth-order valence-electron chi connectivity index (χ4n) is 6.95. The van der Waals surface area contributed by atoms with Gasteiger partial charge in [-0.1, -0.05) is 42.5 Å². The van der Waals surface area contributed by atoms with E-state index in [1.807, 2.05) is 18.2 Å². The molecule has 2 aromatic carbocycles. The number of aryl methyl sites for hydroxylation is 1. The number of benzene rings is 2. The first kappa shape index (κ1) is 24.9. The second-order valence-corrected chi connectivity index (χ2v) is 11.1. The van der Waals surface area contributed by atoms with Gasteiger partial charge in [0, 0.05) is 37.8 Å². The van der Waals surface area contributed by atoms with Gasteiger partial charge in [0.2, 0.25) is 5.91 Å². The summed E-state index contributed by atoms with van der Waals surface area (Å²) in [6.07, 6.45) is 5.26. The second-order valence-electron chi connectivity index (χ2n) is 11.1. The average Bonchev–Trinajstić information content (AvgIpc) is 3.36. The van der Waals surface area contributed by atoms with Gasteiger partial charge in [-0.2, -0.15) is 0 Å². The molecule has 6 rings (SSSR count). The fraction of sp³-hybridized carbons (Fsp3) is 0.500. The van der Waals surface area contributed by atoms with Crippen LogP contribution in [0.15, 0.2) is 54.6 Å². The number of nitrogens with one attached hydrogen (secondary N) is 1. The van der Waals surface area contributed by atoms with Gasteiger partial charge in [-0.3, -0.25) is 9.69 Å². The number of fused-ring (bicyclic) bond motifs is 3. The molecule has 38 heavy (non-hydrogen) atoms. The van der Waals surface area contributed by atoms with Crippen LogP contribution in [-0.2, 0) is 9.53 Å². The summed E-state index contributed by atoms with van der Waals surface area (Å²) in [6, 6.07) is 20.3. The zero-order valence-electron chi connectivity index (χ0n) is 22.3. The number of carbonyl (C=O) groups excluding carboxylic acids is 2. The molecule has 0 saturated carbocycles. The number of methoxy groups -OCH3 is 1. The predicted octanol–water partition coefficient (Wildman–Crippen LogP) is 4.46. The highest BCUT2D eigenvalue weighted by atomic mass is 16.5. The topological polar surface area (TPSA) is 79.7 Å².